The highest BCUT2D eigenvalue weighted by Crippen LogP contribution is 2.74. The van der Waals surface area contributed by atoms with Gasteiger partial charge in [-0.1, -0.05) is 41.0 Å². The van der Waals surface area contributed by atoms with Crippen LogP contribution in [-0.2, 0) is 9.63 Å². The van der Waals surface area contributed by atoms with Crippen LogP contribution in [0.3, 0.4) is 0 Å². The number of hydroxylamine groups is 1. The van der Waals surface area contributed by atoms with Gasteiger partial charge in [0.15, 0.2) is 0 Å². The maximum atomic E-state index is 10.5. The van der Waals surface area contributed by atoms with Gasteiger partial charge >= 0.3 is 0 Å². The molecule has 0 aliphatic heterocycles. The fraction of sp³-hybridized carbons (Fsp3) is 0.963. The van der Waals surface area contributed by atoms with E-state index in [1.165, 1.54) is 44.9 Å². The summed E-state index contributed by atoms with van der Waals surface area (Å²) in [5.74, 6) is 4.53. The molecule has 178 valence electrons. The Morgan fingerprint density at radius 2 is 1.77 bits per heavy atom. The van der Waals surface area contributed by atoms with Gasteiger partial charge in [0.1, 0.15) is 0 Å². The summed E-state index contributed by atoms with van der Waals surface area (Å²) in [5, 5.41) is 10.5. The summed E-state index contributed by atoms with van der Waals surface area (Å²) in [6.45, 7) is 13.3. The molecule has 2 N–H and O–H groups in total. The lowest BCUT2D eigenvalue weighted by Crippen LogP contribution is -2.60. The first kappa shape index (κ1) is 23.5. The van der Waals surface area contributed by atoms with Crippen molar-refractivity contribution in [2.75, 3.05) is 6.61 Å². The second kappa shape index (κ2) is 8.63. The molecule has 0 aromatic heterocycles. The van der Waals surface area contributed by atoms with Crippen molar-refractivity contribution in [1.82, 2.24) is 5.48 Å². The van der Waals surface area contributed by atoms with Crippen molar-refractivity contribution in [3.8, 4) is 0 Å². The van der Waals surface area contributed by atoms with Crippen molar-refractivity contribution in [1.29, 1.82) is 0 Å². The van der Waals surface area contributed by atoms with Crippen LogP contribution in [0.4, 0.5) is 0 Å². The van der Waals surface area contributed by atoms with Gasteiger partial charge in [-0.3, -0.25) is 9.63 Å². The predicted molar refractivity (Wildman–Crippen MR) is 124 cm³/mol. The molecule has 4 aliphatic carbocycles. The lowest BCUT2D eigenvalue weighted by atomic mass is 9.38. The van der Waals surface area contributed by atoms with Gasteiger partial charge in [-0.05, 0) is 110 Å². The number of hydrogen-bond acceptors (Lipinski definition) is 3. The second-order valence-corrected chi connectivity index (χ2v) is 12.5. The Kier molecular flexibility index (Phi) is 6.55. The summed E-state index contributed by atoms with van der Waals surface area (Å²) in [4.78, 5) is 15.7. The highest BCUT2D eigenvalue weighted by atomic mass is 16.6. The molecule has 0 radical (unpaired) electrons. The van der Waals surface area contributed by atoms with E-state index in [0.717, 1.165) is 42.9 Å². The molecule has 7 unspecified atom stereocenters. The average molecular weight is 434 g/mol. The van der Waals surface area contributed by atoms with E-state index in [-0.39, 0.29) is 6.10 Å². The lowest BCUT2D eigenvalue weighted by Gasteiger charge is -2.66. The first-order valence-electron chi connectivity index (χ1n) is 13.2. The Hall–Kier alpha value is -0.610. The van der Waals surface area contributed by atoms with Crippen LogP contribution in [0.2, 0.25) is 0 Å². The van der Waals surface area contributed by atoms with Crippen LogP contribution in [0.15, 0.2) is 0 Å². The highest BCUT2D eigenvalue weighted by Gasteiger charge is 2.66. The zero-order valence-corrected chi connectivity index (χ0v) is 20.7. The molecule has 4 heteroatoms. The van der Waals surface area contributed by atoms with Gasteiger partial charge in [0.05, 0.1) is 12.7 Å². The third-order valence-corrected chi connectivity index (χ3v) is 11.8. The number of fused-ring (bicyclic) bond motifs is 5. The van der Waals surface area contributed by atoms with E-state index in [4.69, 9.17) is 4.84 Å². The number of aliphatic hydroxyl groups excluding tert-OH is 1. The van der Waals surface area contributed by atoms with E-state index in [9.17, 15) is 9.90 Å². The van der Waals surface area contributed by atoms with Crippen LogP contribution in [0.25, 0.3) is 0 Å². The van der Waals surface area contributed by atoms with Crippen LogP contribution in [-0.4, -0.2) is 24.2 Å². The summed E-state index contributed by atoms with van der Waals surface area (Å²) in [6, 6.07) is 0. The van der Waals surface area contributed by atoms with Gasteiger partial charge < -0.3 is 5.11 Å². The van der Waals surface area contributed by atoms with E-state index in [2.05, 4.69) is 40.1 Å². The Morgan fingerprint density at radius 3 is 2.48 bits per heavy atom. The second-order valence-electron chi connectivity index (χ2n) is 12.5. The fourth-order valence-corrected chi connectivity index (χ4v) is 9.80. The summed E-state index contributed by atoms with van der Waals surface area (Å²) in [5.41, 5.74) is 3.60. The van der Waals surface area contributed by atoms with Gasteiger partial charge in [0, 0.05) is 0 Å². The Bertz CT molecular complexity index is 654. The normalized spacial score (nSPS) is 50.1. The Morgan fingerprint density at radius 1 is 1.03 bits per heavy atom. The first-order valence-corrected chi connectivity index (χ1v) is 13.2. The summed E-state index contributed by atoms with van der Waals surface area (Å²) in [6.07, 6.45) is 12.9. The number of rotatable bonds is 7. The minimum atomic E-state index is -0.0687. The van der Waals surface area contributed by atoms with Gasteiger partial charge in [0.2, 0.25) is 6.41 Å². The van der Waals surface area contributed by atoms with Gasteiger partial charge in [-0.15, -0.1) is 0 Å². The molecular formula is C27H47NO3. The van der Waals surface area contributed by atoms with Crippen LogP contribution in [0, 0.1) is 51.8 Å². The molecule has 0 saturated heterocycles. The number of aliphatic hydroxyl groups is 1. The van der Waals surface area contributed by atoms with Crippen molar-refractivity contribution >= 4 is 6.41 Å². The largest absolute Gasteiger partial charge is 0.393 e. The molecule has 0 spiro atoms. The molecule has 0 aromatic carbocycles. The van der Waals surface area contributed by atoms with Crippen molar-refractivity contribution < 1.29 is 14.7 Å². The molecule has 4 fully saturated rings. The molecule has 0 aromatic rings. The molecule has 1 amide bonds. The van der Waals surface area contributed by atoms with Crippen LogP contribution in [0.1, 0.15) is 98.8 Å². The van der Waals surface area contributed by atoms with Gasteiger partial charge in [-0.25, -0.2) is 5.48 Å². The van der Waals surface area contributed by atoms with E-state index >= 15 is 0 Å². The predicted octanol–water partition coefficient (Wildman–Crippen LogP) is 5.74. The van der Waals surface area contributed by atoms with E-state index < -0.39 is 0 Å². The molecule has 0 bridgehead atoms. The minimum Gasteiger partial charge on any atom is -0.393 e. The minimum absolute atomic E-state index is 0.0687. The van der Waals surface area contributed by atoms with Crippen molar-refractivity contribution in [3.05, 3.63) is 0 Å². The molecule has 0 heterocycles. The summed E-state index contributed by atoms with van der Waals surface area (Å²) >= 11 is 0. The van der Waals surface area contributed by atoms with Crippen molar-refractivity contribution in [2.45, 2.75) is 105 Å². The third-order valence-electron chi connectivity index (χ3n) is 11.8. The molecule has 4 saturated carbocycles. The monoisotopic (exact) mass is 433 g/mol. The molecule has 4 nitrogen and oxygen atoms in total. The van der Waals surface area contributed by atoms with E-state index in [1.54, 1.807) is 0 Å². The van der Waals surface area contributed by atoms with Crippen molar-refractivity contribution in [2.24, 2.45) is 51.8 Å². The number of amides is 1. The smallest absolute Gasteiger partial charge is 0.230 e. The quantitative estimate of drug-likeness (QED) is 0.306. The van der Waals surface area contributed by atoms with Gasteiger partial charge in [-0.2, -0.15) is 0 Å². The summed E-state index contributed by atoms with van der Waals surface area (Å²) in [7, 11) is 0. The van der Waals surface area contributed by atoms with E-state index in [1.807, 2.05) is 0 Å². The number of carbonyl (C=O) groups excluding carboxylic acids is 1. The van der Waals surface area contributed by atoms with Crippen LogP contribution >= 0.6 is 0 Å². The number of carbonyl (C=O) groups is 1. The zero-order valence-electron chi connectivity index (χ0n) is 20.7. The van der Waals surface area contributed by atoms with Crippen LogP contribution in [0.5, 0.6) is 0 Å². The maximum Gasteiger partial charge on any atom is 0.230 e. The standard InChI is InChI=1S/C27H47NO3/c1-6-19-15-24-22(25(3)11-7-20(30)16-23(19)25)9-13-26(4)21(8-12-27(24,26)5)18(2)10-14-31-28-17-29/h17-24,30H,6-16H2,1-5H3,(H,28,29)/t18-,19+,20-,21?,22?,23?,24?,25?,26?,27?/m1/s1. The molecule has 31 heavy (non-hydrogen) atoms. The number of hydrogen-bond donors (Lipinski definition) is 2. The third kappa shape index (κ3) is 3.59. The average Bonchev–Trinajstić information content (AvgIpc) is 3.03. The maximum absolute atomic E-state index is 10.5. The summed E-state index contributed by atoms with van der Waals surface area (Å²) < 4.78 is 0. The molecular weight excluding hydrogens is 386 g/mol. The lowest BCUT2D eigenvalue weighted by molar-refractivity contribution is -0.184. The highest BCUT2D eigenvalue weighted by molar-refractivity contribution is 5.43. The molecule has 4 rings (SSSR count). The number of nitrogens with one attached hydrogen (secondary N) is 1. The SMILES string of the molecule is CC[C@H]1CC2C(CCC3(C)C([C@H](C)CCONC=O)CCC23C)C2(C)CC[C@@H](O)CC12. The molecule has 4 aliphatic rings. The first-order chi connectivity index (χ1) is 14.7. The Balaban J connectivity index is 1.57. The van der Waals surface area contributed by atoms with Crippen LogP contribution < -0.4 is 5.48 Å². The fourth-order valence-electron chi connectivity index (χ4n) is 9.80. The van der Waals surface area contributed by atoms with Gasteiger partial charge in [0.25, 0.3) is 0 Å². The van der Waals surface area contributed by atoms with Crippen molar-refractivity contribution in [3.63, 3.8) is 0 Å². The topological polar surface area (TPSA) is 58.6 Å². The van der Waals surface area contributed by atoms with E-state index in [0.29, 0.717) is 41.1 Å². The zero-order chi connectivity index (χ0) is 22.4. The Labute approximate surface area is 190 Å². The molecule has 10 atom stereocenters.